The maximum absolute atomic E-state index is 6.28. The third kappa shape index (κ3) is 4.12. The Morgan fingerprint density at radius 3 is 2.65 bits per heavy atom. The van der Waals surface area contributed by atoms with E-state index in [9.17, 15) is 0 Å². The second-order valence-corrected chi connectivity index (χ2v) is 5.43. The summed E-state index contributed by atoms with van der Waals surface area (Å²) >= 11 is 0. The van der Waals surface area contributed by atoms with Crippen LogP contribution in [0.4, 0.5) is 0 Å². The molecule has 0 aromatic heterocycles. The zero-order valence-electron chi connectivity index (χ0n) is 12.5. The number of nitrogens with two attached hydrogens (primary N) is 1. The molecule has 2 rings (SSSR count). The number of ether oxygens (including phenoxy) is 2. The maximum Gasteiger partial charge on any atom is 0.123 e. The third-order valence-corrected chi connectivity index (χ3v) is 4.17. The lowest BCUT2D eigenvalue weighted by atomic mass is 9.90. The Hall–Kier alpha value is -1.26. The Morgan fingerprint density at radius 1 is 1.30 bits per heavy atom. The van der Waals surface area contributed by atoms with Crippen LogP contribution in [0.15, 0.2) is 24.3 Å². The number of piperidine rings is 1. The predicted molar refractivity (Wildman–Crippen MR) is 81.3 cm³/mol. The van der Waals surface area contributed by atoms with Crippen LogP contribution in [-0.2, 0) is 0 Å². The van der Waals surface area contributed by atoms with Crippen molar-refractivity contribution in [3.8, 4) is 11.5 Å². The number of hydrogen-bond donors (Lipinski definition) is 1. The molecule has 1 fully saturated rings. The summed E-state index contributed by atoms with van der Waals surface area (Å²) in [7, 11) is 1.66. The van der Waals surface area contributed by atoms with E-state index in [1.807, 2.05) is 24.3 Å². The average Bonchev–Trinajstić information content (AvgIpc) is 2.53. The van der Waals surface area contributed by atoms with Gasteiger partial charge in [-0.2, -0.15) is 0 Å². The summed E-state index contributed by atoms with van der Waals surface area (Å²) in [6.45, 7) is 6.25. The Kier molecular flexibility index (Phi) is 5.68. The van der Waals surface area contributed by atoms with E-state index >= 15 is 0 Å². The van der Waals surface area contributed by atoms with Gasteiger partial charge in [0.15, 0.2) is 0 Å². The van der Waals surface area contributed by atoms with E-state index in [0.717, 1.165) is 31.1 Å². The van der Waals surface area contributed by atoms with Crippen LogP contribution in [-0.4, -0.2) is 44.3 Å². The molecule has 0 radical (unpaired) electrons. The molecule has 0 saturated carbocycles. The number of nitrogens with zero attached hydrogens (tertiary/aromatic N) is 1. The van der Waals surface area contributed by atoms with E-state index in [1.54, 1.807) is 7.11 Å². The standard InChI is InChI=1S/C16H26N2O2/c1-3-18-9-7-13(8-10-18)16(17)12-20-15-6-4-5-14(11-15)19-2/h4-6,11,13,16H,3,7-10,12,17H2,1-2H3. The highest BCUT2D eigenvalue weighted by Gasteiger charge is 2.23. The SMILES string of the molecule is CCN1CCC(C(N)COc2cccc(OC)c2)CC1. The first-order valence-corrected chi connectivity index (χ1v) is 7.47. The fraction of sp³-hybridized carbons (Fsp3) is 0.625. The van der Waals surface area contributed by atoms with E-state index in [1.165, 1.54) is 12.8 Å². The highest BCUT2D eigenvalue weighted by atomic mass is 16.5. The van der Waals surface area contributed by atoms with Gasteiger partial charge in [-0.3, -0.25) is 0 Å². The summed E-state index contributed by atoms with van der Waals surface area (Å²) in [6.07, 6.45) is 2.35. The number of methoxy groups -OCH3 is 1. The number of likely N-dealkylation sites (tertiary alicyclic amines) is 1. The van der Waals surface area contributed by atoms with Crippen LogP contribution in [0.2, 0.25) is 0 Å². The summed E-state index contributed by atoms with van der Waals surface area (Å²) in [4.78, 5) is 2.48. The van der Waals surface area contributed by atoms with Crippen molar-refractivity contribution in [3.05, 3.63) is 24.3 Å². The number of benzene rings is 1. The van der Waals surface area contributed by atoms with E-state index in [2.05, 4.69) is 11.8 Å². The van der Waals surface area contributed by atoms with E-state index in [-0.39, 0.29) is 6.04 Å². The molecule has 1 atom stereocenters. The normalized spacial score (nSPS) is 18.8. The molecule has 1 heterocycles. The van der Waals surface area contributed by atoms with E-state index in [0.29, 0.717) is 12.5 Å². The largest absolute Gasteiger partial charge is 0.497 e. The Bertz CT molecular complexity index is 403. The van der Waals surface area contributed by atoms with Crippen molar-refractivity contribution in [2.45, 2.75) is 25.8 Å². The smallest absolute Gasteiger partial charge is 0.123 e. The van der Waals surface area contributed by atoms with Crippen LogP contribution in [0.3, 0.4) is 0 Å². The van der Waals surface area contributed by atoms with Gasteiger partial charge >= 0.3 is 0 Å². The molecule has 0 aliphatic carbocycles. The van der Waals surface area contributed by atoms with E-state index in [4.69, 9.17) is 15.2 Å². The van der Waals surface area contributed by atoms with Crippen molar-refractivity contribution in [1.82, 2.24) is 4.90 Å². The number of rotatable bonds is 6. The van der Waals surface area contributed by atoms with Gasteiger partial charge in [-0.25, -0.2) is 0 Å². The van der Waals surface area contributed by atoms with Gasteiger partial charge in [0.05, 0.1) is 7.11 Å². The molecule has 1 aliphatic heterocycles. The monoisotopic (exact) mass is 278 g/mol. The molecule has 4 heteroatoms. The zero-order chi connectivity index (χ0) is 14.4. The van der Waals surface area contributed by atoms with Gasteiger partial charge in [-0.05, 0) is 50.5 Å². The lowest BCUT2D eigenvalue weighted by molar-refractivity contribution is 0.151. The predicted octanol–water partition coefficient (Wildman–Crippen LogP) is 2.13. The summed E-state index contributed by atoms with van der Waals surface area (Å²) in [6, 6.07) is 7.79. The van der Waals surface area contributed by atoms with Crippen molar-refractivity contribution >= 4 is 0 Å². The van der Waals surface area contributed by atoms with Crippen LogP contribution >= 0.6 is 0 Å². The minimum absolute atomic E-state index is 0.111. The fourth-order valence-corrected chi connectivity index (χ4v) is 2.72. The fourth-order valence-electron chi connectivity index (χ4n) is 2.72. The van der Waals surface area contributed by atoms with Gasteiger partial charge in [-0.15, -0.1) is 0 Å². The zero-order valence-corrected chi connectivity index (χ0v) is 12.5. The lowest BCUT2D eigenvalue weighted by Gasteiger charge is -2.33. The van der Waals surface area contributed by atoms with Crippen molar-refractivity contribution in [2.24, 2.45) is 11.7 Å². The molecule has 112 valence electrons. The van der Waals surface area contributed by atoms with Gasteiger partial charge in [0.1, 0.15) is 18.1 Å². The van der Waals surface area contributed by atoms with Crippen molar-refractivity contribution in [1.29, 1.82) is 0 Å². The summed E-state index contributed by atoms with van der Waals surface area (Å²) < 4.78 is 11.0. The van der Waals surface area contributed by atoms with Crippen LogP contribution in [0.5, 0.6) is 11.5 Å². The first-order valence-electron chi connectivity index (χ1n) is 7.47. The van der Waals surface area contributed by atoms with Crippen molar-refractivity contribution in [2.75, 3.05) is 33.4 Å². The molecule has 4 nitrogen and oxygen atoms in total. The van der Waals surface area contributed by atoms with Gasteiger partial charge in [0.25, 0.3) is 0 Å². The molecular formula is C16H26N2O2. The quantitative estimate of drug-likeness (QED) is 0.866. The second-order valence-electron chi connectivity index (χ2n) is 5.43. The maximum atomic E-state index is 6.28. The summed E-state index contributed by atoms with van der Waals surface area (Å²) in [5, 5.41) is 0. The average molecular weight is 278 g/mol. The molecule has 1 aliphatic rings. The second kappa shape index (κ2) is 7.50. The first kappa shape index (κ1) is 15.1. The van der Waals surface area contributed by atoms with E-state index < -0.39 is 0 Å². The molecule has 2 N–H and O–H groups in total. The lowest BCUT2D eigenvalue weighted by Crippen LogP contribution is -2.43. The molecule has 1 aromatic carbocycles. The van der Waals surface area contributed by atoms with Crippen molar-refractivity contribution in [3.63, 3.8) is 0 Å². The third-order valence-electron chi connectivity index (χ3n) is 4.17. The molecule has 0 amide bonds. The van der Waals surface area contributed by atoms with Gasteiger partial charge in [0.2, 0.25) is 0 Å². The molecule has 20 heavy (non-hydrogen) atoms. The molecule has 1 saturated heterocycles. The van der Waals surface area contributed by atoms with Gasteiger partial charge < -0.3 is 20.1 Å². The molecule has 1 aromatic rings. The van der Waals surface area contributed by atoms with Crippen LogP contribution in [0.25, 0.3) is 0 Å². The van der Waals surface area contributed by atoms with Gasteiger partial charge in [-0.1, -0.05) is 13.0 Å². The Balaban J connectivity index is 1.78. The highest BCUT2D eigenvalue weighted by molar-refractivity contribution is 5.32. The van der Waals surface area contributed by atoms with Gasteiger partial charge in [0, 0.05) is 12.1 Å². The van der Waals surface area contributed by atoms with Crippen molar-refractivity contribution < 1.29 is 9.47 Å². The molecule has 1 unspecified atom stereocenters. The summed E-state index contributed by atoms with van der Waals surface area (Å²) in [5.41, 5.74) is 6.28. The number of hydrogen-bond acceptors (Lipinski definition) is 4. The molecular weight excluding hydrogens is 252 g/mol. The minimum atomic E-state index is 0.111. The van der Waals surface area contributed by atoms with Crippen LogP contribution in [0, 0.1) is 5.92 Å². The Labute approximate surface area is 121 Å². The first-order chi connectivity index (χ1) is 9.72. The Morgan fingerprint density at radius 2 is 2.00 bits per heavy atom. The molecule has 0 spiro atoms. The molecule has 0 bridgehead atoms. The highest BCUT2D eigenvalue weighted by Crippen LogP contribution is 2.22. The topological polar surface area (TPSA) is 47.7 Å². The minimum Gasteiger partial charge on any atom is -0.497 e. The van der Waals surface area contributed by atoms with Crippen LogP contribution < -0.4 is 15.2 Å². The van der Waals surface area contributed by atoms with Crippen LogP contribution in [0.1, 0.15) is 19.8 Å². The summed E-state index contributed by atoms with van der Waals surface area (Å²) in [5.74, 6) is 2.21.